The molecule has 2 rings (SSSR count). The molecule has 0 radical (unpaired) electrons. The molecular weight excluding hydrogens is 335 g/mol. The van der Waals surface area contributed by atoms with E-state index in [0.717, 1.165) is 4.83 Å². The second kappa shape index (κ2) is 4.64. The van der Waals surface area contributed by atoms with E-state index in [1.807, 2.05) is 0 Å². The van der Waals surface area contributed by atoms with E-state index >= 15 is 0 Å². The largest absolute Gasteiger partial charge is 1.00 e. The van der Waals surface area contributed by atoms with Crippen LogP contribution in [0, 0.1) is 0 Å². The van der Waals surface area contributed by atoms with Gasteiger partial charge in [-0.1, -0.05) is 0 Å². The van der Waals surface area contributed by atoms with Crippen molar-refractivity contribution in [1.29, 1.82) is 0 Å². The normalized spacial score (nSPS) is 37.9. The molecule has 1 aliphatic carbocycles. The van der Waals surface area contributed by atoms with Crippen LogP contribution < -0.4 is 17.0 Å². The first kappa shape index (κ1) is 10.6. The smallest absolute Gasteiger partial charge is 1.00 e. The zero-order chi connectivity index (χ0) is 6.97. The SMILES string of the molecule is Br[C@H]1CCCC[C@@H]1[Se+]1CC1.[Br-]. The monoisotopic (exact) mass is 348 g/mol. The summed E-state index contributed by atoms with van der Waals surface area (Å²) in [6, 6.07) is 0. The second-order valence-corrected chi connectivity index (χ2v) is 9.70. The van der Waals surface area contributed by atoms with Crippen molar-refractivity contribution in [2.45, 2.75) is 46.0 Å². The molecule has 2 aliphatic rings. The second-order valence-electron chi connectivity index (χ2n) is 3.28. The van der Waals surface area contributed by atoms with Crippen molar-refractivity contribution in [1.82, 2.24) is 0 Å². The van der Waals surface area contributed by atoms with E-state index in [9.17, 15) is 0 Å². The number of alkyl halides is 1. The van der Waals surface area contributed by atoms with Crippen molar-refractivity contribution in [2.75, 3.05) is 0 Å². The van der Waals surface area contributed by atoms with E-state index < -0.39 is 0 Å². The van der Waals surface area contributed by atoms with E-state index in [1.165, 1.54) is 24.1 Å². The Hall–Kier alpha value is 1.48. The summed E-state index contributed by atoms with van der Waals surface area (Å²) in [5.74, 6) is 0. The van der Waals surface area contributed by atoms with Gasteiger partial charge in [-0.3, -0.25) is 0 Å². The minimum atomic E-state index is 0. The number of halogens is 2. The Morgan fingerprint density at radius 2 is 1.73 bits per heavy atom. The summed E-state index contributed by atoms with van der Waals surface area (Å²) in [5, 5.41) is 3.29. The Balaban J connectivity index is 0.000000605. The minimum absolute atomic E-state index is 0. The van der Waals surface area contributed by atoms with Crippen LogP contribution in [0.5, 0.6) is 0 Å². The third kappa shape index (κ3) is 2.72. The summed E-state index contributed by atoms with van der Waals surface area (Å²) in [6.07, 6.45) is 6.02. The first-order valence-electron chi connectivity index (χ1n) is 4.18. The molecule has 3 heteroatoms. The molecule has 11 heavy (non-hydrogen) atoms. The van der Waals surface area contributed by atoms with Crippen molar-refractivity contribution in [3.8, 4) is 0 Å². The van der Waals surface area contributed by atoms with Crippen LogP contribution in [-0.2, 0) is 0 Å². The predicted molar refractivity (Wildman–Crippen MR) is 50.3 cm³/mol. The average molecular weight is 349 g/mol. The van der Waals surface area contributed by atoms with E-state index in [2.05, 4.69) is 15.9 Å². The first-order valence-corrected chi connectivity index (χ1v) is 8.51. The summed E-state index contributed by atoms with van der Waals surface area (Å²) in [6.45, 7) is 0. The molecule has 0 bridgehead atoms. The van der Waals surface area contributed by atoms with Gasteiger partial charge in [0.05, 0.1) is 0 Å². The molecule has 1 aliphatic heterocycles. The van der Waals surface area contributed by atoms with Gasteiger partial charge in [-0.2, -0.15) is 0 Å². The van der Waals surface area contributed by atoms with Crippen LogP contribution in [0.3, 0.4) is 0 Å². The van der Waals surface area contributed by atoms with Crippen LogP contribution in [0.15, 0.2) is 0 Å². The zero-order valence-corrected chi connectivity index (χ0v) is 11.4. The van der Waals surface area contributed by atoms with E-state index in [0.29, 0.717) is 0 Å². The van der Waals surface area contributed by atoms with Crippen molar-refractivity contribution in [3.63, 3.8) is 0 Å². The number of hydrogen-bond donors (Lipinski definition) is 0. The molecule has 1 saturated carbocycles. The fourth-order valence-corrected chi connectivity index (χ4v) is 8.68. The maximum absolute atomic E-state index is 3.83. The van der Waals surface area contributed by atoms with E-state index in [-0.39, 0.29) is 30.9 Å². The Bertz CT molecular complexity index is 125. The third-order valence-corrected chi connectivity index (χ3v) is 9.20. The Morgan fingerprint density at radius 1 is 1.09 bits per heavy atom. The van der Waals surface area contributed by atoms with Crippen molar-refractivity contribution < 1.29 is 17.0 Å². The van der Waals surface area contributed by atoms with Crippen LogP contribution in [0.1, 0.15) is 25.7 Å². The summed E-state index contributed by atoms with van der Waals surface area (Å²) < 4.78 is 0. The topological polar surface area (TPSA) is 0 Å². The minimum Gasteiger partial charge on any atom is -1.00 e. The molecule has 0 aromatic carbocycles. The number of rotatable bonds is 1. The summed E-state index contributed by atoms with van der Waals surface area (Å²) in [4.78, 5) is 2.10. The average Bonchev–Trinajstić information content (AvgIpc) is 2.71. The van der Waals surface area contributed by atoms with Gasteiger partial charge < -0.3 is 17.0 Å². The van der Waals surface area contributed by atoms with Crippen LogP contribution in [-0.4, -0.2) is 18.7 Å². The van der Waals surface area contributed by atoms with Crippen molar-refractivity contribution in [2.24, 2.45) is 0 Å². The molecule has 2 atom stereocenters. The van der Waals surface area contributed by atoms with Gasteiger partial charge >= 0.3 is 75.8 Å². The van der Waals surface area contributed by atoms with Crippen molar-refractivity contribution in [3.05, 3.63) is 0 Å². The van der Waals surface area contributed by atoms with Gasteiger partial charge in [0.1, 0.15) is 0 Å². The standard InChI is InChI=1S/C8H14BrSe.BrH/c9-7-3-1-2-4-8(7)10-5-6-10;/h7-8H,1-6H2;1H/q+1;/p-1/t7-,8-;/m0./s1. The molecule has 0 N–H and O–H groups in total. The molecule has 0 aromatic rings. The van der Waals surface area contributed by atoms with Gasteiger partial charge in [0, 0.05) is 0 Å². The maximum Gasteiger partial charge on any atom is -1.00 e. The van der Waals surface area contributed by atoms with Crippen LogP contribution in [0.2, 0.25) is 15.5 Å². The molecule has 1 saturated heterocycles. The summed E-state index contributed by atoms with van der Waals surface area (Å²) >= 11 is 3.84. The van der Waals surface area contributed by atoms with Gasteiger partial charge in [0.25, 0.3) is 0 Å². The Labute approximate surface area is 92.3 Å². The predicted octanol–water partition coefficient (Wildman–Crippen LogP) is 0.206. The molecule has 0 aromatic heterocycles. The van der Waals surface area contributed by atoms with E-state index in [1.54, 1.807) is 17.1 Å². The van der Waals surface area contributed by atoms with Gasteiger partial charge in [0.2, 0.25) is 0 Å². The fraction of sp³-hybridized carbons (Fsp3) is 1.00. The molecule has 66 valence electrons. The Kier molecular flexibility index (Phi) is 4.46. The van der Waals surface area contributed by atoms with Gasteiger partial charge in [-0.25, -0.2) is 0 Å². The van der Waals surface area contributed by atoms with Crippen molar-refractivity contribution >= 4 is 29.8 Å². The van der Waals surface area contributed by atoms with E-state index in [4.69, 9.17) is 0 Å². The van der Waals surface area contributed by atoms with Crippen LogP contribution >= 0.6 is 15.9 Å². The summed E-state index contributed by atoms with van der Waals surface area (Å²) in [7, 11) is 0. The van der Waals surface area contributed by atoms with Crippen LogP contribution in [0.25, 0.3) is 0 Å². The van der Waals surface area contributed by atoms with Gasteiger partial charge in [-0.05, 0) is 0 Å². The fourth-order valence-electron chi connectivity index (χ4n) is 1.78. The quantitative estimate of drug-likeness (QED) is 0.469. The molecule has 2 fully saturated rings. The van der Waals surface area contributed by atoms with Crippen LogP contribution in [0.4, 0.5) is 0 Å². The number of hydrogen-bond acceptors (Lipinski definition) is 0. The molecule has 0 unspecified atom stereocenters. The zero-order valence-electron chi connectivity index (χ0n) is 6.56. The van der Waals surface area contributed by atoms with Gasteiger partial charge in [-0.15, -0.1) is 0 Å². The van der Waals surface area contributed by atoms with Gasteiger partial charge in [0.15, 0.2) is 0 Å². The maximum atomic E-state index is 3.83. The molecular formula is C8H14Br2Se. The third-order valence-electron chi connectivity index (χ3n) is 2.49. The first-order chi connectivity index (χ1) is 4.88. The summed E-state index contributed by atoms with van der Waals surface area (Å²) in [5.41, 5.74) is 0. The molecule has 1 heterocycles. The molecule has 0 amide bonds. The molecule has 0 nitrogen and oxygen atoms in total. The Morgan fingerprint density at radius 3 is 2.27 bits per heavy atom. The molecule has 0 spiro atoms.